The number of ether oxygens (including phenoxy) is 1. The van der Waals surface area contributed by atoms with Gasteiger partial charge in [0, 0.05) is 26.1 Å². The Morgan fingerprint density at radius 2 is 2.31 bits per heavy atom. The average Bonchev–Trinajstić information content (AvgIpc) is 2.53. The summed E-state index contributed by atoms with van der Waals surface area (Å²) in [7, 11) is 0. The Morgan fingerprint density at radius 1 is 1.54 bits per heavy atom. The molecule has 1 aliphatic heterocycles. The molecule has 0 aromatic heterocycles. The zero-order valence-electron chi connectivity index (χ0n) is 8.34. The van der Waals surface area contributed by atoms with Crippen molar-refractivity contribution in [3.05, 3.63) is 12.2 Å². The van der Waals surface area contributed by atoms with Crippen LogP contribution in [0.25, 0.3) is 0 Å². The summed E-state index contributed by atoms with van der Waals surface area (Å²) in [5.41, 5.74) is 1.09. The lowest BCUT2D eigenvalue weighted by Gasteiger charge is -2.05. The molecule has 0 N–H and O–H groups in total. The van der Waals surface area contributed by atoms with Crippen LogP contribution in [-0.2, 0) is 9.53 Å². The summed E-state index contributed by atoms with van der Waals surface area (Å²) >= 11 is 0. The van der Waals surface area contributed by atoms with Crippen molar-refractivity contribution >= 4 is 5.78 Å². The lowest BCUT2D eigenvalue weighted by atomic mass is 9.98. The summed E-state index contributed by atoms with van der Waals surface area (Å²) in [5.74, 6) is 0.844. The highest BCUT2D eigenvalue weighted by molar-refractivity contribution is 5.78. The third-order valence-electron chi connectivity index (χ3n) is 2.37. The van der Waals surface area contributed by atoms with E-state index in [2.05, 4.69) is 6.58 Å². The number of hydrogen-bond acceptors (Lipinski definition) is 2. The van der Waals surface area contributed by atoms with Crippen LogP contribution < -0.4 is 0 Å². The number of carbonyl (C=O) groups is 1. The van der Waals surface area contributed by atoms with Crippen molar-refractivity contribution in [2.24, 2.45) is 5.92 Å². The first kappa shape index (κ1) is 10.5. The number of carbonyl (C=O) groups excluding carboxylic acids is 1. The van der Waals surface area contributed by atoms with Gasteiger partial charge in [0.1, 0.15) is 5.78 Å². The van der Waals surface area contributed by atoms with Gasteiger partial charge in [0.25, 0.3) is 0 Å². The first-order valence-corrected chi connectivity index (χ1v) is 4.92. The van der Waals surface area contributed by atoms with Crippen LogP contribution in [0.1, 0.15) is 32.6 Å². The first-order chi connectivity index (χ1) is 6.18. The molecule has 1 heterocycles. The molecule has 0 aromatic rings. The van der Waals surface area contributed by atoms with E-state index in [1.54, 1.807) is 0 Å². The van der Waals surface area contributed by atoms with E-state index in [0.717, 1.165) is 31.6 Å². The second-order valence-electron chi connectivity index (χ2n) is 3.93. The fourth-order valence-corrected chi connectivity index (χ4v) is 1.52. The Balaban J connectivity index is 2.13. The van der Waals surface area contributed by atoms with Gasteiger partial charge in [0.15, 0.2) is 0 Å². The maximum absolute atomic E-state index is 11.4. The topological polar surface area (TPSA) is 26.3 Å². The molecule has 0 amide bonds. The Morgan fingerprint density at radius 3 is 2.85 bits per heavy atom. The van der Waals surface area contributed by atoms with E-state index < -0.39 is 0 Å². The lowest BCUT2D eigenvalue weighted by Crippen LogP contribution is -2.08. The van der Waals surface area contributed by atoms with Gasteiger partial charge >= 0.3 is 0 Å². The van der Waals surface area contributed by atoms with Crippen LogP contribution in [-0.4, -0.2) is 19.0 Å². The van der Waals surface area contributed by atoms with Crippen LogP contribution in [0.2, 0.25) is 0 Å². The SMILES string of the molecule is C=C(C)CCC(=O)CC1CCOC1. The molecule has 1 rings (SSSR count). The van der Waals surface area contributed by atoms with Crippen LogP contribution in [0.3, 0.4) is 0 Å². The van der Waals surface area contributed by atoms with Crippen molar-refractivity contribution in [1.29, 1.82) is 0 Å². The third-order valence-corrected chi connectivity index (χ3v) is 2.37. The minimum atomic E-state index is 0.360. The van der Waals surface area contributed by atoms with Crippen LogP contribution in [0.15, 0.2) is 12.2 Å². The summed E-state index contributed by atoms with van der Waals surface area (Å²) in [6.45, 7) is 7.35. The van der Waals surface area contributed by atoms with Crippen molar-refractivity contribution in [1.82, 2.24) is 0 Å². The van der Waals surface area contributed by atoms with Crippen LogP contribution in [0.4, 0.5) is 0 Å². The van der Waals surface area contributed by atoms with Gasteiger partial charge in [0.2, 0.25) is 0 Å². The highest BCUT2D eigenvalue weighted by atomic mass is 16.5. The highest BCUT2D eigenvalue weighted by Crippen LogP contribution is 2.18. The molecule has 0 radical (unpaired) electrons. The molecule has 1 aliphatic rings. The van der Waals surface area contributed by atoms with Crippen molar-refractivity contribution in [2.75, 3.05) is 13.2 Å². The molecular weight excluding hydrogens is 164 g/mol. The van der Waals surface area contributed by atoms with Gasteiger partial charge in [-0.05, 0) is 25.7 Å². The Bertz CT molecular complexity index is 190. The monoisotopic (exact) mass is 182 g/mol. The fourth-order valence-electron chi connectivity index (χ4n) is 1.52. The second-order valence-corrected chi connectivity index (χ2v) is 3.93. The predicted octanol–water partition coefficient (Wildman–Crippen LogP) is 2.34. The fraction of sp³-hybridized carbons (Fsp3) is 0.727. The quantitative estimate of drug-likeness (QED) is 0.610. The zero-order chi connectivity index (χ0) is 9.68. The number of rotatable bonds is 5. The normalized spacial score (nSPS) is 21.8. The molecule has 0 spiro atoms. The maximum atomic E-state index is 11.4. The van der Waals surface area contributed by atoms with E-state index in [-0.39, 0.29) is 0 Å². The predicted molar refractivity (Wildman–Crippen MR) is 52.6 cm³/mol. The van der Waals surface area contributed by atoms with Gasteiger partial charge in [-0.1, -0.05) is 5.57 Å². The van der Waals surface area contributed by atoms with Crippen molar-refractivity contribution in [3.63, 3.8) is 0 Å². The molecule has 1 atom stereocenters. The molecule has 0 saturated carbocycles. The van der Waals surface area contributed by atoms with E-state index in [0.29, 0.717) is 24.5 Å². The van der Waals surface area contributed by atoms with Crippen molar-refractivity contribution in [2.45, 2.75) is 32.6 Å². The summed E-state index contributed by atoms with van der Waals surface area (Å²) < 4.78 is 5.21. The first-order valence-electron chi connectivity index (χ1n) is 4.92. The molecular formula is C11H18O2. The molecule has 2 heteroatoms. The van der Waals surface area contributed by atoms with E-state index in [9.17, 15) is 4.79 Å². The smallest absolute Gasteiger partial charge is 0.133 e. The van der Waals surface area contributed by atoms with Crippen LogP contribution in [0.5, 0.6) is 0 Å². The molecule has 2 nitrogen and oxygen atoms in total. The Labute approximate surface area is 80.0 Å². The van der Waals surface area contributed by atoms with Crippen molar-refractivity contribution in [3.8, 4) is 0 Å². The van der Waals surface area contributed by atoms with E-state index in [4.69, 9.17) is 4.74 Å². The Kier molecular flexibility index (Phi) is 4.16. The summed E-state index contributed by atoms with van der Waals surface area (Å²) in [5, 5.41) is 0. The Hall–Kier alpha value is -0.630. The average molecular weight is 182 g/mol. The molecule has 13 heavy (non-hydrogen) atoms. The molecule has 0 bridgehead atoms. The molecule has 74 valence electrons. The largest absolute Gasteiger partial charge is 0.381 e. The van der Waals surface area contributed by atoms with Crippen LogP contribution in [0, 0.1) is 5.92 Å². The van der Waals surface area contributed by atoms with Crippen molar-refractivity contribution < 1.29 is 9.53 Å². The zero-order valence-corrected chi connectivity index (χ0v) is 8.34. The molecule has 1 saturated heterocycles. The summed E-state index contributed by atoms with van der Waals surface area (Å²) in [4.78, 5) is 11.4. The molecule has 1 unspecified atom stereocenters. The minimum Gasteiger partial charge on any atom is -0.381 e. The summed E-state index contributed by atoms with van der Waals surface area (Å²) in [6, 6.07) is 0. The second kappa shape index (κ2) is 5.18. The lowest BCUT2D eigenvalue weighted by molar-refractivity contribution is -0.119. The van der Waals surface area contributed by atoms with Crippen LogP contribution >= 0.6 is 0 Å². The number of ketones is 1. The molecule has 1 fully saturated rings. The standard InChI is InChI=1S/C11H18O2/c1-9(2)3-4-11(12)7-10-5-6-13-8-10/h10H,1,3-8H2,2H3. The van der Waals surface area contributed by atoms with E-state index >= 15 is 0 Å². The van der Waals surface area contributed by atoms with Gasteiger partial charge in [-0.2, -0.15) is 0 Å². The summed E-state index contributed by atoms with van der Waals surface area (Å²) in [6.07, 6.45) is 3.25. The number of Topliss-reactive ketones (excluding diaryl/α,β-unsaturated/α-hetero) is 1. The van der Waals surface area contributed by atoms with Gasteiger partial charge < -0.3 is 4.74 Å². The van der Waals surface area contributed by atoms with Gasteiger partial charge in [-0.25, -0.2) is 0 Å². The molecule has 0 aliphatic carbocycles. The molecule has 0 aromatic carbocycles. The minimum absolute atomic E-state index is 0.360. The third kappa shape index (κ3) is 4.23. The van der Waals surface area contributed by atoms with E-state index in [1.807, 2.05) is 6.92 Å². The van der Waals surface area contributed by atoms with Gasteiger partial charge in [-0.3, -0.25) is 4.79 Å². The maximum Gasteiger partial charge on any atom is 0.133 e. The highest BCUT2D eigenvalue weighted by Gasteiger charge is 2.18. The van der Waals surface area contributed by atoms with E-state index in [1.165, 1.54) is 0 Å². The number of allylic oxidation sites excluding steroid dienone is 1. The van der Waals surface area contributed by atoms with Gasteiger partial charge in [0.05, 0.1) is 0 Å². The van der Waals surface area contributed by atoms with Gasteiger partial charge in [-0.15, -0.1) is 6.58 Å². The number of hydrogen-bond donors (Lipinski definition) is 0.